The predicted molar refractivity (Wildman–Crippen MR) is 45.5 cm³/mol. The van der Waals surface area contributed by atoms with Crippen molar-refractivity contribution >= 4 is 15.6 Å². The zero-order valence-corrected chi connectivity index (χ0v) is 7.22. The lowest BCUT2D eigenvalue weighted by atomic mass is 10.5. The number of hydrogen-bond acceptors (Lipinski definition) is 3. The predicted octanol–water partition coefficient (Wildman–Crippen LogP) is 2.46. The molecule has 0 radical (unpaired) electrons. The fraction of sp³-hybridized carbons (Fsp3) is 0.286. The van der Waals surface area contributed by atoms with Gasteiger partial charge >= 0.3 is 5.30 Å². The molecule has 0 amide bonds. The summed E-state index contributed by atoms with van der Waals surface area (Å²) >= 11 is 0. The largest absolute Gasteiger partial charge is 0.460 e. The van der Waals surface area contributed by atoms with E-state index in [0.29, 0.717) is 4.91 Å². The second kappa shape index (κ2) is 2.71. The zero-order chi connectivity index (χ0) is 8.48. The van der Waals surface area contributed by atoms with Crippen molar-refractivity contribution in [2.24, 2.45) is 0 Å². The zero-order valence-electron chi connectivity index (χ0n) is 6.40. The molecular weight excluding hydrogens is 164 g/mol. The van der Waals surface area contributed by atoms with Crippen molar-refractivity contribution in [1.82, 2.24) is 0 Å². The molecule has 1 unspecified atom stereocenters. The third-order valence-electron chi connectivity index (χ3n) is 1.52. The fourth-order valence-corrected chi connectivity index (χ4v) is 2.25. The molecule has 1 aliphatic rings. The van der Waals surface area contributed by atoms with Gasteiger partial charge in [-0.3, -0.25) is 0 Å². The lowest BCUT2D eigenvalue weighted by Crippen LogP contribution is -2.08. The van der Waals surface area contributed by atoms with E-state index in [1.165, 1.54) is 12.5 Å². The first-order valence-corrected chi connectivity index (χ1v) is 4.75. The van der Waals surface area contributed by atoms with Crippen LogP contribution in [-0.2, 0) is 4.74 Å². The van der Waals surface area contributed by atoms with Crippen LogP contribution in [0.25, 0.3) is 0 Å². The molecule has 62 valence electrons. The topological polar surface area (TPSA) is 46.5 Å². The second-order valence-corrected chi connectivity index (χ2v) is 4.69. The van der Waals surface area contributed by atoms with E-state index in [4.69, 9.17) is 0 Å². The average molecular weight is 174 g/mol. The van der Waals surface area contributed by atoms with Crippen LogP contribution in [0.3, 0.4) is 0 Å². The Morgan fingerprint density at radius 1 is 1.73 bits per heavy atom. The first-order valence-electron chi connectivity index (χ1n) is 3.10. The molecule has 0 aromatic carbocycles. The minimum Gasteiger partial charge on any atom is -0.460 e. The summed E-state index contributed by atoms with van der Waals surface area (Å²) in [5, 5.41) is 0.939. The third-order valence-corrected chi connectivity index (χ3v) is 3.86. The van der Waals surface area contributed by atoms with Crippen LogP contribution < -0.4 is 0 Å². The number of carbonyl (C=O) groups excluding carboxylic acids is 1. The molecular formula is C7H10O3S. The minimum absolute atomic E-state index is 0.556. The van der Waals surface area contributed by atoms with Gasteiger partial charge in [-0.1, -0.05) is 12.2 Å². The average Bonchev–Trinajstić information content (AvgIpc) is 2.32. The van der Waals surface area contributed by atoms with Crippen LogP contribution in [0, 0.1) is 0 Å². The van der Waals surface area contributed by atoms with Crippen molar-refractivity contribution in [3.05, 3.63) is 22.5 Å². The van der Waals surface area contributed by atoms with Crippen molar-refractivity contribution in [2.75, 3.05) is 7.11 Å². The molecule has 0 aromatic heterocycles. The SMILES string of the molecule is COC(=O)S1(O)C=CC=C1C. The summed E-state index contributed by atoms with van der Waals surface area (Å²) in [7, 11) is -1.12. The van der Waals surface area contributed by atoms with E-state index < -0.39 is 15.6 Å². The van der Waals surface area contributed by atoms with Gasteiger partial charge in [-0.2, -0.15) is 0 Å². The highest BCUT2D eigenvalue weighted by molar-refractivity contribution is 8.45. The number of methoxy groups -OCH3 is 1. The van der Waals surface area contributed by atoms with E-state index >= 15 is 0 Å². The molecule has 0 spiro atoms. The minimum atomic E-state index is -2.39. The first kappa shape index (κ1) is 8.36. The fourth-order valence-electron chi connectivity index (χ4n) is 0.814. The maximum atomic E-state index is 11.0. The molecule has 1 N–H and O–H groups in total. The van der Waals surface area contributed by atoms with Crippen LogP contribution in [0.15, 0.2) is 22.5 Å². The Morgan fingerprint density at radius 2 is 2.36 bits per heavy atom. The van der Waals surface area contributed by atoms with Gasteiger partial charge in [0.2, 0.25) is 0 Å². The van der Waals surface area contributed by atoms with E-state index in [0.717, 1.165) is 0 Å². The number of ether oxygens (including phenoxy) is 1. The molecule has 0 aromatic rings. The summed E-state index contributed by atoms with van der Waals surface area (Å²) in [5.74, 6) is 0. The van der Waals surface area contributed by atoms with Crippen molar-refractivity contribution in [1.29, 1.82) is 0 Å². The van der Waals surface area contributed by atoms with Gasteiger partial charge < -0.3 is 9.29 Å². The highest BCUT2D eigenvalue weighted by Gasteiger charge is 2.32. The van der Waals surface area contributed by atoms with Gasteiger partial charge in [-0.25, -0.2) is 4.79 Å². The lowest BCUT2D eigenvalue weighted by molar-refractivity contribution is 0.197. The Morgan fingerprint density at radius 3 is 2.73 bits per heavy atom. The molecule has 1 rings (SSSR count). The molecule has 1 aliphatic heterocycles. The number of rotatable bonds is 0. The van der Waals surface area contributed by atoms with Gasteiger partial charge in [-0.05, 0) is 12.3 Å². The van der Waals surface area contributed by atoms with Crippen molar-refractivity contribution in [3.8, 4) is 0 Å². The maximum absolute atomic E-state index is 11.0. The Kier molecular flexibility index (Phi) is 2.06. The van der Waals surface area contributed by atoms with E-state index in [1.807, 2.05) is 0 Å². The molecule has 1 heterocycles. The summed E-state index contributed by atoms with van der Waals surface area (Å²) < 4.78 is 14.1. The highest BCUT2D eigenvalue weighted by atomic mass is 32.3. The molecule has 1 atom stereocenters. The van der Waals surface area contributed by atoms with Gasteiger partial charge in [0.25, 0.3) is 0 Å². The van der Waals surface area contributed by atoms with Crippen molar-refractivity contribution in [3.63, 3.8) is 0 Å². The van der Waals surface area contributed by atoms with Crippen LogP contribution in [0.1, 0.15) is 6.92 Å². The standard InChI is InChI=1S/C7H10O3S/c1-6-4-3-5-11(6,9)7(8)10-2/h3-5,9H,1-2H3. The van der Waals surface area contributed by atoms with Crippen LogP contribution in [0.5, 0.6) is 0 Å². The molecule has 4 heteroatoms. The Bertz CT molecular complexity index is 244. The summed E-state index contributed by atoms with van der Waals surface area (Å²) in [6, 6.07) is 0. The molecule has 0 saturated heterocycles. The summed E-state index contributed by atoms with van der Waals surface area (Å²) in [5.41, 5.74) is 0. The Hall–Kier alpha value is -0.740. The second-order valence-electron chi connectivity index (χ2n) is 2.19. The number of hydrogen-bond donors (Lipinski definition) is 1. The Labute approximate surface area is 66.9 Å². The molecule has 3 nitrogen and oxygen atoms in total. The molecule has 11 heavy (non-hydrogen) atoms. The van der Waals surface area contributed by atoms with Crippen LogP contribution in [-0.4, -0.2) is 17.0 Å². The normalized spacial score (nSPS) is 34.3. The van der Waals surface area contributed by atoms with Crippen molar-refractivity contribution in [2.45, 2.75) is 6.92 Å². The number of allylic oxidation sites excluding steroid dienone is 3. The summed E-state index contributed by atoms with van der Waals surface area (Å²) in [4.78, 5) is 11.7. The van der Waals surface area contributed by atoms with Gasteiger partial charge in [0, 0.05) is 15.2 Å². The molecule has 0 bridgehead atoms. The van der Waals surface area contributed by atoms with E-state index in [1.54, 1.807) is 19.1 Å². The number of carbonyl (C=O) groups is 1. The lowest BCUT2D eigenvalue weighted by Gasteiger charge is -2.24. The van der Waals surface area contributed by atoms with Crippen LogP contribution in [0.2, 0.25) is 0 Å². The summed E-state index contributed by atoms with van der Waals surface area (Å²) in [6.07, 6.45) is 3.38. The molecule has 0 fully saturated rings. The molecule has 0 aliphatic carbocycles. The van der Waals surface area contributed by atoms with Crippen LogP contribution >= 0.6 is 10.3 Å². The quantitative estimate of drug-likeness (QED) is 0.574. The molecule has 0 saturated carbocycles. The van der Waals surface area contributed by atoms with Crippen molar-refractivity contribution < 1.29 is 14.1 Å². The van der Waals surface area contributed by atoms with E-state index in [2.05, 4.69) is 4.74 Å². The smallest absolute Gasteiger partial charge is 0.379 e. The third kappa shape index (κ3) is 1.19. The Balaban J connectivity index is 2.92. The van der Waals surface area contributed by atoms with Gasteiger partial charge in [-0.15, -0.1) is 0 Å². The first-order chi connectivity index (χ1) is 5.11. The monoisotopic (exact) mass is 174 g/mol. The van der Waals surface area contributed by atoms with Gasteiger partial charge in [0.15, 0.2) is 0 Å². The van der Waals surface area contributed by atoms with E-state index in [-0.39, 0.29) is 0 Å². The highest BCUT2D eigenvalue weighted by Crippen LogP contribution is 2.56. The van der Waals surface area contributed by atoms with Gasteiger partial charge in [0.05, 0.1) is 7.11 Å². The maximum Gasteiger partial charge on any atom is 0.379 e. The van der Waals surface area contributed by atoms with Gasteiger partial charge in [0.1, 0.15) is 0 Å². The van der Waals surface area contributed by atoms with E-state index in [9.17, 15) is 9.35 Å². The van der Waals surface area contributed by atoms with Crippen LogP contribution in [0.4, 0.5) is 4.79 Å². The summed E-state index contributed by atoms with van der Waals surface area (Å²) in [6.45, 7) is 1.71.